The monoisotopic (exact) mass is 252 g/mol. The van der Waals surface area contributed by atoms with E-state index in [0.717, 1.165) is 11.8 Å². The lowest BCUT2D eigenvalue weighted by atomic mass is 9.90. The molecule has 0 radical (unpaired) electrons. The van der Waals surface area contributed by atoms with Gasteiger partial charge in [0.15, 0.2) is 0 Å². The van der Waals surface area contributed by atoms with Gasteiger partial charge in [0.1, 0.15) is 0 Å². The number of rotatable bonds is 1. The highest BCUT2D eigenvalue weighted by Crippen LogP contribution is 2.24. The Balaban J connectivity index is 2.26. The van der Waals surface area contributed by atoms with Crippen molar-refractivity contribution in [2.45, 2.75) is 104 Å². The summed E-state index contributed by atoms with van der Waals surface area (Å²) in [6, 6.07) is 0. The summed E-state index contributed by atoms with van der Waals surface area (Å²) in [5.74, 6) is 2.01. The normalized spacial score (nSPS) is 30.3. The SMILES string of the molecule is CCC1CCCCCCCCCCC(C)CCC1. The third-order valence-corrected chi connectivity index (χ3v) is 4.95. The van der Waals surface area contributed by atoms with Crippen LogP contribution in [0.2, 0.25) is 0 Å². The molecule has 0 N–H and O–H groups in total. The average molecular weight is 252 g/mol. The van der Waals surface area contributed by atoms with Crippen LogP contribution < -0.4 is 0 Å². The van der Waals surface area contributed by atoms with Gasteiger partial charge in [-0.25, -0.2) is 0 Å². The van der Waals surface area contributed by atoms with E-state index in [2.05, 4.69) is 13.8 Å². The lowest BCUT2D eigenvalue weighted by Gasteiger charge is -2.16. The maximum absolute atomic E-state index is 2.47. The molecular formula is C18H36. The average Bonchev–Trinajstić information content (AvgIpc) is 2.38. The third kappa shape index (κ3) is 8.16. The quantitative estimate of drug-likeness (QED) is 0.485. The van der Waals surface area contributed by atoms with Gasteiger partial charge in [-0.1, -0.05) is 104 Å². The fraction of sp³-hybridized carbons (Fsp3) is 1.00. The highest BCUT2D eigenvalue weighted by atomic mass is 14.1. The van der Waals surface area contributed by atoms with Crippen LogP contribution in [0.5, 0.6) is 0 Å². The second kappa shape index (κ2) is 10.9. The molecule has 0 spiro atoms. The fourth-order valence-electron chi connectivity index (χ4n) is 3.44. The van der Waals surface area contributed by atoms with Gasteiger partial charge in [0.25, 0.3) is 0 Å². The largest absolute Gasteiger partial charge is 0.0651 e. The molecular weight excluding hydrogens is 216 g/mol. The van der Waals surface area contributed by atoms with Crippen molar-refractivity contribution in [2.75, 3.05) is 0 Å². The van der Waals surface area contributed by atoms with Crippen molar-refractivity contribution < 1.29 is 0 Å². The van der Waals surface area contributed by atoms with Gasteiger partial charge in [-0.3, -0.25) is 0 Å². The Hall–Kier alpha value is 0. The highest BCUT2D eigenvalue weighted by Gasteiger charge is 2.08. The Bertz CT molecular complexity index is 173. The van der Waals surface area contributed by atoms with Gasteiger partial charge >= 0.3 is 0 Å². The molecule has 108 valence electrons. The Morgan fingerprint density at radius 2 is 1.06 bits per heavy atom. The molecule has 1 fully saturated rings. The smallest absolute Gasteiger partial charge is 0.0417 e. The van der Waals surface area contributed by atoms with Gasteiger partial charge in [0.05, 0.1) is 0 Å². The minimum absolute atomic E-state index is 0.979. The van der Waals surface area contributed by atoms with Crippen molar-refractivity contribution >= 4 is 0 Å². The van der Waals surface area contributed by atoms with Crippen LogP contribution in [0.25, 0.3) is 0 Å². The lowest BCUT2D eigenvalue weighted by molar-refractivity contribution is 0.370. The molecule has 0 aromatic carbocycles. The van der Waals surface area contributed by atoms with Crippen molar-refractivity contribution in [1.82, 2.24) is 0 Å². The van der Waals surface area contributed by atoms with Gasteiger partial charge < -0.3 is 0 Å². The van der Waals surface area contributed by atoms with Crippen LogP contribution in [0.4, 0.5) is 0 Å². The first-order valence-electron chi connectivity index (χ1n) is 8.83. The molecule has 0 aromatic rings. The van der Waals surface area contributed by atoms with Crippen molar-refractivity contribution in [2.24, 2.45) is 11.8 Å². The molecule has 0 aliphatic heterocycles. The van der Waals surface area contributed by atoms with E-state index >= 15 is 0 Å². The predicted octanol–water partition coefficient (Wildman–Crippen LogP) is 6.73. The maximum Gasteiger partial charge on any atom is -0.0417 e. The van der Waals surface area contributed by atoms with Crippen molar-refractivity contribution in [3.63, 3.8) is 0 Å². The first-order valence-corrected chi connectivity index (χ1v) is 8.83. The summed E-state index contributed by atoms with van der Waals surface area (Å²) in [6.07, 6.45) is 20.8. The van der Waals surface area contributed by atoms with E-state index < -0.39 is 0 Å². The van der Waals surface area contributed by atoms with Gasteiger partial charge in [0.2, 0.25) is 0 Å². The molecule has 1 saturated carbocycles. The molecule has 1 aliphatic carbocycles. The molecule has 1 aliphatic rings. The van der Waals surface area contributed by atoms with Crippen LogP contribution in [0.1, 0.15) is 104 Å². The summed E-state index contributed by atoms with van der Waals surface area (Å²) in [4.78, 5) is 0. The zero-order valence-corrected chi connectivity index (χ0v) is 13.1. The first-order chi connectivity index (χ1) is 8.83. The molecule has 0 bridgehead atoms. The highest BCUT2D eigenvalue weighted by molar-refractivity contribution is 4.62. The molecule has 2 unspecified atom stereocenters. The fourth-order valence-corrected chi connectivity index (χ4v) is 3.44. The lowest BCUT2D eigenvalue weighted by Crippen LogP contribution is -2.01. The third-order valence-electron chi connectivity index (χ3n) is 4.95. The Labute approximate surface area is 116 Å². The van der Waals surface area contributed by atoms with E-state index in [1.807, 2.05) is 0 Å². The summed E-state index contributed by atoms with van der Waals surface area (Å²) in [7, 11) is 0. The molecule has 0 nitrogen and oxygen atoms in total. The van der Waals surface area contributed by atoms with E-state index in [4.69, 9.17) is 0 Å². The summed E-state index contributed by atoms with van der Waals surface area (Å²) in [5.41, 5.74) is 0. The predicted molar refractivity (Wildman–Crippen MR) is 83.0 cm³/mol. The van der Waals surface area contributed by atoms with Crippen molar-refractivity contribution in [3.8, 4) is 0 Å². The summed E-state index contributed by atoms with van der Waals surface area (Å²) in [6.45, 7) is 4.86. The zero-order chi connectivity index (χ0) is 13.1. The van der Waals surface area contributed by atoms with Gasteiger partial charge in [0, 0.05) is 0 Å². The molecule has 1 rings (SSSR count). The number of hydrogen-bond donors (Lipinski definition) is 0. The van der Waals surface area contributed by atoms with Crippen LogP contribution in [0, 0.1) is 11.8 Å². The van der Waals surface area contributed by atoms with E-state index in [9.17, 15) is 0 Å². The van der Waals surface area contributed by atoms with Crippen LogP contribution in [0.3, 0.4) is 0 Å². The molecule has 0 aromatic heterocycles. The van der Waals surface area contributed by atoms with Crippen LogP contribution in [-0.4, -0.2) is 0 Å². The van der Waals surface area contributed by atoms with Gasteiger partial charge in [-0.2, -0.15) is 0 Å². The van der Waals surface area contributed by atoms with E-state index in [1.165, 1.54) is 89.9 Å². The van der Waals surface area contributed by atoms with Crippen LogP contribution in [-0.2, 0) is 0 Å². The molecule has 0 saturated heterocycles. The summed E-state index contributed by atoms with van der Waals surface area (Å²) in [5, 5.41) is 0. The van der Waals surface area contributed by atoms with E-state index in [1.54, 1.807) is 0 Å². The van der Waals surface area contributed by atoms with Crippen LogP contribution in [0.15, 0.2) is 0 Å². The minimum Gasteiger partial charge on any atom is -0.0651 e. The molecule has 2 atom stereocenters. The standard InChI is InChI=1S/C18H36/c1-3-18-15-11-9-7-5-4-6-8-10-13-17(2)14-12-16-18/h17-18H,3-16H2,1-2H3. The molecule has 0 heterocycles. The Morgan fingerprint density at radius 3 is 1.67 bits per heavy atom. The van der Waals surface area contributed by atoms with Gasteiger partial charge in [-0.15, -0.1) is 0 Å². The zero-order valence-electron chi connectivity index (χ0n) is 13.1. The van der Waals surface area contributed by atoms with Crippen LogP contribution >= 0.6 is 0 Å². The summed E-state index contributed by atoms with van der Waals surface area (Å²) >= 11 is 0. The Kier molecular flexibility index (Phi) is 9.70. The summed E-state index contributed by atoms with van der Waals surface area (Å²) < 4.78 is 0. The molecule has 0 heteroatoms. The van der Waals surface area contributed by atoms with E-state index in [0.29, 0.717) is 0 Å². The first kappa shape index (κ1) is 16.1. The topological polar surface area (TPSA) is 0 Å². The maximum atomic E-state index is 2.47. The molecule has 0 amide bonds. The van der Waals surface area contributed by atoms with Crippen molar-refractivity contribution in [1.29, 1.82) is 0 Å². The molecule has 18 heavy (non-hydrogen) atoms. The second-order valence-corrected chi connectivity index (χ2v) is 6.72. The Morgan fingerprint density at radius 1 is 0.611 bits per heavy atom. The van der Waals surface area contributed by atoms with Crippen molar-refractivity contribution in [3.05, 3.63) is 0 Å². The minimum atomic E-state index is 0.979. The number of hydrogen-bond acceptors (Lipinski definition) is 0. The van der Waals surface area contributed by atoms with Gasteiger partial charge in [-0.05, 0) is 11.8 Å². The van der Waals surface area contributed by atoms with E-state index in [-0.39, 0.29) is 0 Å². The second-order valence-electron chi connectivity index (χ2n) is 6.72.